The van der Waals surface area contributed by atoms with E-state index in [0.717, 1.165) is 33.7 Å². The zero-order chi connectivity index (χ0) is 17.3. The van der Waals surface area contributed by atoms with E-state index < -0.39 is 0 Å². The van der Waals surface area contributed by atoms with Gasteiger partial charge in [0.15, 0.2) is 0 Å². The van der Waals surface area contributed by atoms with Crippen molar-refractivity contribution in [3.63, 3.8) is 0 Å². The summed E-state index contributed by atoms with van der Waals surface area (Å²) < 4.78 is 7.66. The molecule has 1 aromatic carbocycles. The van der Waals surface area contributed by atoms with E-state index in [1.807, 2.05) is 58.2 Å². The van der Waals surface area contributed by atoms with E-state index in [0.29, 0.717) is 6.54 Å². The van der Waals surface area contributed by atoms with Crippen molar-refractivity contribution in [1.29, 1.82) is 0 Å². The molecule has 2 heterocycles. The Morgan fingerprint density at radius 2 is 2.08 bits per heavy atom. The molecule has 1 atom stereocenters. The Bertz CT molecular complexity index is 878. The first-order chi connectivity index (χ1) is 11.5. The van der Waals surface area contributed by atoms with Crippen molar-refractivity contribution in [1.82, 2.24) is 20.4 Å². The van der Waals surface area contributed by atoms with Crippen LogP contribution in [-0.4, -0.2) is 15.8 Å². The highest BCUT2D eigenvalue weighted by Crippen LogP contribution is 2.28. The lowest BCUT2D eigenvalue weighted by molar-refractivity contribution is 0.235. The molecule has 0 bridgehead atoms. The van der Waals surface area contributed by atoms with Crippen LogP contribution >= 0.6 is 0 Å². The van der Waals surface area contributed by atoms with Crippen LogP contribution in [0.4, 0.5) is 4.79 Å². The smallest absolute Gasteiger partial charge is 0.315 e. The third-order valence-electron chi connectivity index (χ3n) is 4.15. The molecule has 0 aliphatic rings. The van der Waals surface area contributed by atoms with Crippen LogP contribution in [0.15, 0.2) is 34.7 Å². The van der Waals surface area contributed by atoms with E-state index in [4.69, 9.17) is 4.42 Å². The number of fused-ring (bicyclic) bond motifs is 1. The fraction of sp³-hybridized carbons (Fsp3) is 0.333. The number of carbonyl (C=O) groups excluding carboxylic acids is 1. The SMILES string of the molecule is Cc1cc(CNC(=O)N[C@H](C)c2oc3ccccc3c2C)n(C)n1. The molecule has 0 fully saturated rings. The first-order valence-corrected chi connectivity index (χ1v) is 7.97. The Kier molecular flexibility index (Phi) is 4.29. The maximum atomic E-state index is 12.2. The molecule has 3 aromatic rings. The number of aryl methyl sites for hydroxylation is 3. The summed E-state index contributed by atoms with van der Waals surface area (Å²) in [6.45, 7) is 6.28. The molecule has 0 spiro atoms. The second kappa shape index (κ2) is 6.39. The quantitative estimate of drug-likeness (QED) is 0.772. The molecule has 3 rings (SSSR count). The van der Waals surface area contributed by atoms with Gasteiger partial charge in [-0.1, -0.05) is 18.2 Å². The van der Waals surface area contributed by atoms with Gasteiger partial charge in [0, 0.05) is 18.0 Å². The van der Waals surface area contributed by atoms with Crippen LogP contribution in [0.1, 0.15) is 35.7 Å². The molecule has 0 saturated heterocycles. The standard InChI is InChI=1S/C18H22N4O2/c1-11-9-14(22(4)21-11)10-19-18(23)20-13(3)17-12(2)15-7-5-6-8-16(15)24-17/h5-9,13H,10H2,1-4H3,(H2,19,20,23)/t13-/m1/s1. The van der Waals surface area contributed by atoms with E-state index >= 15 is 0 Å². The van der Waals surface area contributed by atoms with Gasteiger partial charge in [-0.25, -0.2) is 4.79 Å². The molecule has 0 unspecified atom stereocenters. The molecule has 0 aliphatic carbocycles. The van der Waals surface area contributed by atoms with Gasteiger partial charge in [0.1, 0.15) is 11.3 Å². The minimum atomic E-state index is -0.235. The summed E-state index contributed by atoms with van der Waals surface area (Å²) in [5.41, 5.74) is 3.78. The summed E-state index contributed by atoms with van der Waals surface area (Å²) in [4.78, 5) is 12.2. The van der Waals surface area contributed by atoms with Crippen molar-refractivity contribution in [2.45, 2.75) is 33.4 Å². The number of nitrogens with zero attached hydrogens (tertiary/aromatic N) is 2. The van der Waals surface area contributed by atoms with Crippen LogP contribution in [-0.2, 0) is 13.6 Å². The fourth-order valence-corrected chi connectivity index (χ4v) is 2.92. The van der Waals surface area contributed by atoms with Crippen LogP contribution in [0.25, 0.3) is 11.0 Å². The minimum Gasteiger partial charge on any atom is -0.459 e. The van der Waals surface area contributed by atoms with E-state index in [9.17, 15) is 4.79 Å². The van der Waals surface area contributed by atoms with Gasteiger partial charge in [-0.15, -0.1) is 0 Å². The highest BCUT2D eigenvalue weighted by atomic mass is 16.3. The van der Waals surface area contributed by atoms with Crippen molar-refractivity contribution in [2.75, 3.05) is 0 Å². The first kappa shape index (κ1) is 16.1. The van der Waals surface area contributed by atoms with Gasteiger partial charge >= 0.3 is 6.03 Å². The number of nitrogens with one attached hydrogen (secondary N) is 2. The van der Waals surface area contributed by atoms with Crippen LogP contribution in [0.2, 0.25) is 0 Å². The molecule has 6 nitrogen and oxygen atoms in total. The highest BCUT2D eigenvalue weighted by Gasteiger charge is 2.18. The average Bonchev–Trinajstić information content (AvgIpc) is 3.05. The second-order valence-electron chi connectivity index (χ2n) is 6.04. The van der Waals surface area contributed by atoms with Gasteiger partial charge < -0.3 is 15.1 Å². The Morgan fingerprint density at radius 3 is 2.75 bits per heavy atom. The monoisotopic (exact) mass is 326 g/mol. The molecule has 0 saturated carbocycles. The summed E-state index contributed by atoms with van der Waals surface area (Å²) in [6, 6.07) is 9.38. The number of hydrogen-bond acceptors (Lipinski definition) is 3. The lowest BCUT2D eigenvalue weighted by atomic mass is 10.1. The number of hydrogen-bond donors (Lipinski definition) is 2. The zero-order valence-electron chi connectivity index (χ0n) is 14.4. The number of para-hydroxylation sites is 1. The largest absolute Gasteiger partial charge is 0.459 e. The van der Waals surface area contributed by atoms with Crippen molar-refractivity contribution < 1.29 is 9.21 Å². The van der Waals surface area contributed by atoms with Crippen LogP contribution in [0.5, 0.6) is 0 Å². The van der Waals surface area contributed by atoms with Crippen molar-refractivity contribution >= 4 is 17.0 Å². The van der Waals surface area contributed by atoms with Crippen LogP contribution in [0, 0.1) is 13.8 Å². The molecule has 2 N–H and O–H groups in total. The van der Waals surface area contributed by atoms with Crippen molar-refractivity contribution in [3.05, 3.63) is 53.0 Å². The average molecular weight is 326 g/mol. The minimum absolute atomic E-state index is 0.217. The molecule has 0 radical (unpaired) electrons. The van der Waals surface area contributed by atoms with Gasteiger partial charge in [0.05, 0.1) is 24.0 Å². The molecule has 2 aromatic heterocycles. The van der Waals surface area contributed by atoms with Crippen LogP contribution in [0.3, 0.4) is 0 Å². The van der Waals surface area contributed by atoms with Gasteiger partial charge in [-0.2, -0.15) is 5.10 Å². The summed E-state index contributed by atoms with van der Waals surface area (Å²) in [5, 5.41) is 11.1. The number of aromatic nitrogens is 2. The highest BCUT2D eigenvalue weighted by molar-refractivity contribution is 5.82. The number of rotatable bonds is 4. The Balaban J connectivity index is 1.65. The topological polar surface area (TPSA) is 72.1 Å². The number of amides is 2. The van der Waals surface area contributed by atoms with Gasteiger partial charge in [0.25, 0.3) is 0 Å². The molecule has 126 valence electrons. The zero-order valence-corrected chi connectivity index (χ0v) is 14.4. The molecule has 0 aliphatic heterocycles. The van der Waals surface area contributed by atoms with Crippen LogP contribution < -0.4 is 10.6 Å². The van der Waals surface area contributed by atoms with E-state index in [2.05, 4.69) is 15.7 Å². The Morgan fingerprint density at radius 1 is 1.33 bits per heavy atom. The maximum Gasteiger partial charge on any atom is 0.315 e. The van der Waals surface area contributed by atoms with E-state index in [1.54, 1.807) is 4.68 Å². The predicted molar refractivity (Wildman–Crippen MR) is 92.7 cm³/mol. The Hall–Kier alpha value is -2.76. The molecule has 2 amide bonds. The summed E-state index contributed by atoms with van der Waals surface area (Å²) in [6.07, 6.45) is 0. The summed E-state index contributed by atoms with van der Waals surface area (Å²) >= 11 is 0. The summed E-state index contributed by atoms with van der Waals surface area (Å²) in [7, 11) is 1.86. The van der Waals surface area contributed by atoms with E-state index in [-0.39, 0.29) is 12.1 Å². The predicted octanol–water partition coefficient (Wildman–Crippen LogP) is 3.34. The van der Waals surface area contributed by atoms with E-state index in [1.165, 1.54) is 0 Å². The third-order valence-corrected chi connectivity index (χ3v) is 4.15. The number of carbonyl (C=O) groups is 1. The van der Waals surface area contributed by atoms with Crippen molar-refractivity contribution in [2.24, 2.45) is 7.05 Å². The second-order valence-corrected chi connectivity index (χ2v) is 6.04. The molecule has 6 heteroatoms. The lowest BCUT2D eigenvalue weighted by Gasteiger charge is -2.13. The molecular weight excluding hydrogens is 304 g/mol. The fourth-order valence-electron chi connectivity index (χ4n) is 2.92. The van der Waals surface area contributed by atoms with Gasteiger partial charge in [0.2, 0.25) is 0 Å². The third kappa shape index (κ3) is 3.13. The summed E-state index contributed by atoms with van der Waals surface area (Å²) in [5.74, 6) is 0.780. The maximum absolute atomic E-state index is 12.2. The van der Waals surface area contributed by atoms with Crippen molar-refractivity contribution in [3.8, 4) is 0 Å². The molecular formula is C18H22N4O2. The number of benzene rings is 1. The molecule has 24 heavy (non-hydrogen) atoms. The Labute approximate surface area is 140 Å². The normalized spacial score (nSPS) is 12.3. The lowest BCUT2D eigenvalue weighted by Crippen LogP contribution is -2.37. The first-order valence-electron chi connectivity index (χ1n) is 7.97. The van der Waals surface area contributed by atoms with Gasteiger partial charge in [-0.3, -0.25) is 4.68 Å². The number of urea groups is 1. The van der Waals surface area contributed by atoms with Gasteiger partial charge in [-0.05, 0) is 32.9 Å². The number of furan rings is 1.